The number of hydrogen-bond acceptors (Lipinski definition) is 5. The van der Waals surface area contributed by atoms with Crippen LogP contribution in [0.25, 0.3) is 0 Å². The minimum atomic E-state index is -1.06. The fourth-order valence-corrected chi connectivity index (χ4v) is 2.69. The number of carbonyl (C=O) groups excluding carboxylic acids is 1. The van der Waals surface area contributed by atoms with Crippen LogP contribution in [0, 0.1) is 5.92 Å². The molecule has 4 N–H and O–H groups in total. The predicted molar refractivity (Wildman–Crippen MR) is 77.4 cm³/mol. The van der Waals surface area contributed by atoms with Crippen LogP contribution in [0.1, 0.15) is 31.3 Å². The summed E-state index contributed by atoms with van der Waals surface area (Å²) >= 11 is 0. The van der Waals surface area contributed by atoms with Gasteiger partial charge in [0.2, 0.25) is 5.91 Å². The van der Waals surface area contributed by atoms with Crippen LogP contribution in [0.4, 0.5) is 0 Å². The number of aliphatic hydroxyl groups excluding tert-OH is 1. The molecule has 2 rings (SSSR count). The summed E-state index contributed by atoms with van der Waals surface area (Å²) in [4.78, 5) is 31.8. The zero-order valence-electron chi connectivity index (χ0n) is 12.2. The van der Waals surface area contributed by atoms with Crippen LogP contribution in [-0.2, 0) is 17.8 Å². The van der Waals surface area contributed by atoms with Crippen molar-refractivity contribution < 1.29 is 9.90 Å². The minimum Gasteiger partial charge on any atom is -0.383 e. The highest BCUT2D eigenvalue weighted by Crippen LogP contribution is 2.21. The first-order valence-electron chi connectivity index (χ1n) is 7.28. The van der Waals surface area contributed by atoms with Crippen LogP contribution in [-0.4, -0.2) is 45.1 Å². The topological polar surface area (TPSA) is 112 Å². The SMILES string of the molecule is CCc1cc(=O)[nH]c(CN2CCC([C@@H](O)C(N)=O)CC2)n1. The van der Waals surface area contributed by atoms with Crippen molar-refractivity contribution in [3.05, 3.63) is 27.9 Å². The molecule has 0 radical (unpaired) electrons. The first-order valence-corrected chi connectivity index (χ1v) is 7.28. The Kier molecular flexibility index (Phi) is 5.08. The second-order valence-electron chi connectivity index (χ2n) is 5.50. The number of hydrogen-bond donors (Lipinski definition) is 3. The standard InChI is InChI=1S/C14H22N4O3/c1-2-10-7-12(19)17-11(16-10)8-18-5-3-9(4-6-18)13(20)14(15)21/h7,9,13,20H,2-6,8H2,1H3,(H2,15,21)(H,16,17,19)/t13-/m1/s1. The van der Waals surface area contributed by atoms with E-state index < -0.39 is 12.0 Å². The quantitative estimate of drug-likeness (QED) is 0.670. The van der Waals surface area contributed by atoms with Gasteiger partial charge in [-0.15, -0.1) is 0 Å². The lowest BCUT2D eigenvalue weighted by Gasteiger charge is -2.32. The summed E-state index contributed by atoms with van der Waals surface area (Å²) in [5.74, 6) is -0.0731. The van der Waals surface area contributed by atoms with Gasteiger partial charge in [-0.1, -0.05) is 6.92 Å². The second-order valence-corrected chi connectivity index (χ2v) is 5.50. The van der Waals surface area contributed by atoms with E-state index in [0.717, 1.165) is 25.2 Å². The molecule has 1 aromatic rings. The molecular formula is C14H22N4O3. The van der Waals surface area contributed by atoms with Gasteiger partial charge in [-0.3, -0.25) is 14.5 Å². The van der Waals surface area contributed by atoms with Crippen molar-refractivity contribution in [1.29, 1.82) is 0 Å². The number of H-pyrrole nitrogens is 1. The molecule has 0 bridgehead atoms. The molecule has 1 aliphatic rings. The van der Waals surface area contributed by atoms with Gasteiger partial charge in [0.05, 0.1) is 6.54 Å². The third kappa shape index (κ3) is 4.12. The van der Waals surface area contributed by atoms with Crippen LogP contribution in [0.2, 0.25) is 0 Å². The molecule has 1 fully saturated rings. The number of carbonyl (C=O) groups is 1. The summed E-state index contributed by atoms with van der Waals surface area (Å²) < 4.78 is 0. The van der Waals surface area contributed by atoms with Gasteiger partial charge in [-0.25, -0.2) is 4.98 Å². The maximum absolute atomic E-state index is 11.5. The maximum Gasteiger partial charge on any atom is 0.251 e. The first-order chi connectivity index (χ1) is 9.99. The van der Waals surface area contributed by atoms with Gasteiger partial charge in [0, 0.05) is 11.8 Å². The van der Waals surface area contributed by atoms with Crippen molar-refractivity contribution >= 4 is 5.91 Å². The van der Waals surface area contributed by atoms with E-state index in [4.69, 9.17) is 5.73 Å². The fourth-order valence-electron chi connectivity index (χ4n) is 2.69. The van der Waals surface area contributed by atoms with Gasteiger partial charge < -0.3 is 15.8 Å². The Labute approximate surface area is 123 Å². The van der Waals surface area contributed by atoms with Crippen LogP contribution < -0.4 is 11.3 Å². The number of nitrogens with two attached hydrogens (primary N) is 1. The molecule has 0 saturated carbocycles. The average molecular weight is 294 g/mol. The van der Waals surface area contributed by atoms with Crippen molar-refractivity contribution in [3.63, 3.8) is 0 Å². The van der Waals surface area contributed by atoms with Gasteiger partial charge in [0.25, 0.3) is 5.56 Å². The molecule has 1 atom stereocenters. The molecule has 1 aromatic heterocycles. The molecule has 1 aliphatic heterocycles. The van der Waals surface area contributed by atoms with E-state index in [2.05, 4.69) is 14.9 Å². The van der Waals surface area contributed by atoms with E-state index in [9.17, 15) is 14.7 Å². The summed E-state index contributed by atoms with van der Waals surface area (Å²) in [7, 11) is 0. The first kappa shape index (κ1) is 15.7. The van der Waals surface area contributed by atoms with E-state index >= 15 is 0 Å². The van der Waals surface area contributed by atoms with Crippen molar-refractivity contribution in [2.75, 3.05) is 13.1 Å². The lowest BCUT2D eigenvalue weighted by Crippen LogP contribution is -2.42. The Morgan fingerprint density at radius 3 is 2.81 bits per heavy atom. The summed E-state index contributed by atoms with van der Waals surface area (Å²) in [6.07, 6.45) is 1.08. The van der Waals surface area contributed by atoms with Crippen molar-refractivity contribution in [1.82, 2.24) is 14.9 Å². The van der Waals surface area contributed by atoms with Crippen molar-refractivity contribution in [2.45, 2.75) is 38.8 Å². The monoisotopic (exact) mass is 294 g/mol. The summed E-state index contributed by atoms with van der Waals surface area (Å²) in [5, 5.41) is 9.68. The van der Waals surface area contributed by atoms with E-state index in [0.29, 0.717) is 25.2 Å². The molecule has 0 aromatic carbocycles. The number of aliphatic hydroxyl groups is 1. The van der Waals surface area contributed by atoms with Gasteiger partial charge in [-0.2, -0.15) is 0 Å². The third-order valence-corrected chi connectivity index (χ3v) is 3.95. The number of piperidine rings is 1. The minimum absolute atomic E-state index is 0.0762. The third-order valence-electron chi connectivity index (χ3n) is 3.95. The summed E-state index contributed by atoms with van der Waals surface area (Å²) in [5.41, 5.74) is 5.78. The van der Waals surface area contributed by atoms with Gasteiger partial charge in [0.15, 0.2) is 0 Å². The maximum atomic E-state index is 11.5. The molecule has 1 saturated heterocycles. The molecule has 7 heteroatoms. The van der Waals surface area contributed by atoms with Crippen LogP contribution in [0.5, 0.6) is 0 Å². The molecule has 0 aliphatic carbocycles. The Balaban J connectivity index is 1.93. The molecule has 2 heterocycles. The lowest BCUT2D eigenvalue weighted by atomic mass is 9.91. The highest BCUT2D eigenvalue weighted by atomic mass is 16.3. The Hall–Kier alpha value is -1.73. The Bertz CT molecular complexity index is 549. The Morgan fingerprint density at radius 2 is 2.24 bits per heavy atom. The zero-order chi connectivity index (χ0) is 15.4. The average Bonchev–Trinajstić information content (AvgIpc) is 2.46. The molecule has 0 spiro atoms. The number of likely N-dealkylation sites (tertiary alicyclic amines) is 1. The van der Waals surface area contributed by atoms with Gasteiger partial charge in [-0.05, 0) is 38.3 Å². The molecule has 7 nitrogen and oxygen atoms in total. The number of aromatic amines is 1. The number of nitrogens with zero attached hydrogens (tertiary/aromatic N) is 2. The van der Waals surface area contributed by atoms with E-state index in [1.165, 1.54) is 6.07 Å². The van der Waals surface area contributed by atoms with Gasteiger partial charge in [0.1, 0.15) is 11.9 Å². The largest absolute Gasteiger partial charge is 0.383 e. The summed E-state index contributed by atoms with van der Waals surface area (Å²) in [6.45, 7) is 4.02. The molecule has 21 heavy (non-hydrogen) atoms. The molecule has 1 amide bonds. The molecule has 116 valence electrons. The number of nitrogens with one attached hydrogen (secondary N) is 1. The number of rotatable bonds is 5. The highest BCUT2D eigenvalue weighted by Gasteiger charge is 2.28. The lowest BCUT2D eigenvalue weighted by molar-refractivity contribution is -0.129. The number of primary amides is 1. The van der Waals surface area contributed by atoms with Crippen molar-refractivity contribution in [3.8, 4) is 0 Å². The fraction of sp³-hybridized carbons (Fsp3) is 0.643. The molecule has 0 unspecified atom stereocenters. The van der Waals surface area contributed by atoms with E-state index in [1.54, 1.807) is 0 Å². The zero-order valence-corrected chi connectivity index (χ0v) is 12.2. The second kappa shape index (κ2) is 6.82. The molecular weight excluding hydrogens is 272 g/mol. The van der Waals surface area contributed by atoms with Crippen LogP contribution in [0.15, 0.2) is 10.9 Å². The van der Waals surface area contributed by atoms with Crippen LogP contribution in [0.3, 0.4) is 0 Å². The number of aryl methyl sites for hydroxylation is 1. The highest BCUT2D eigenvalue weighted by molar-refractivity contribution is 5.78. The predicted octanol–water partition coefficient (Wildman–Crippen LogP) is -0.609. The number of aromatic nitrogens is 2. The normalized spacial score (nSPS) is 18.6. The number of amides is 1. The van der Waals surface area contributed by atoms with E-state index in [-0.39, 0.29) is 11.5 Å². The smallest absolute Gasteiger partial charge is 0.251 e. The van der Waals surface area contributed by atoms with Crippen molar-refractivity contribution in [2.24, 2.45) is 11.7 Å². The van der Waals surface area contributed by atoms with E-state index in [1.807, 2.05) is 6.92 Å². The van der Waals surface area contributed by atoms with Gasteiger partial charge >= 0.3 is 0 Å². The Morgan fingerprint density at radius 1 is 1.57 bits per heavy atom. The summed E-state index contributed by atoms with van der Waals surface area (Å²) in [6, 6.07) is 1.51. The van der Waals surface area contributed by atoms with Crippen LogP contribution >= 0.6 is 0 Å².